The molecule has 1 aliphatic heterocycles. The zero-order valence-corrected chi connectivity index (χ0v) is 12.3. The Morgan fingerprint density at radius 2 is 2.00 bits per heavy atom. The number of urea groups is 1. The van der Waals surface area contributed by atoms with E-state index in [9.17, 15) is 14.4 Å². The lowest BCUT2D eigenvalue weighted by atomic mass is 10.2. The monoisotopic (exact) mass is 304 g/mol. The van der Waals surface area contributed by atoms with E-state index < -0.39 is 5.91 Å². The summed E-state index contributed by atoms with van der Waals surface area (Å²) in [6, 6.07) is 9.28. The molecule has 0 aromatic heterocycles. The first-order valence-corrected chi connectivity index (χ1v) is 7.19. The van der Waals surface area contributed by atoms with Gasteiger partial charge in [0, 0.05) is 32.6 Å². The van der Waals surface area contributed by atoms with Gasteiger partial charge in [-0.1, -0.05) is 30.3 Å². The number of nitrogens with one attached hydrogen (secondary N) is 1. The Hall–Kier alpha value is -2.41. The first kappa shape index (κ1) is 16.0. The van der Waals surface area contributed by atoms with E-state index >= 15 is 0 Å². The molecule has 1 saturated heterocycles. The zero-order valence-electron chi connectivity index (χ0n) is 12.3. The fourth-order valence-electron chi connectivity index (χ4n) is 2.31. The molecule has 1 fully saturated rings. The van der Waals surface area contributed by atoms with Gasteiger partial charge in [0.25, 0.3) is 0 Å². The lowest BCUT2D eigenvalue weighted by Gasteiger charge is -2.23. The standard InChI is InChI=1S/C15H20N4O3/c16-13(20)6-8-18(10-12-4-2-1-3-5-12)11-14(21)19-9-7-17-15(19)22/h1-5H,6-11H2,(H2,16,20)(H,17,22). The van der Waals surface area contributed by atoms with Crippen molar-refractivity contribution in [2.75, 3.05) is 26.2 Å². The van der Waals surface area contributed by atoms with Crippen molar-refractivity contribution < 1.29 is 14.4 Å². The number of carbonyl (C=O) groups excluding carboxylic acids is 3. The van der Waals surface area contributed by atoms with Crippen molar-refractivity contribution in [2.24, 2.45) is 5.73 Å². The van der Waals surface area contributed by atoms with Crippen molar-refractivity contribution in [1.29, 1.82) is 0 Å². The highest BCUT2D eigenvalue weighted by Gasteiger charge is 2.27. The number of carbonyl (C=O) groups is 3. The molecule has 0 radical (unpaired) electrons. The van der Waals surface area contributed by atoms with Gasteiger partial charge < -0.3 is 11.1 Å². The van der Waals surface area contributed by atoms with Crippen LogP contribution in [0.2, 0.25) is 0 Å². The van der Waals surface area contributed by atoms with Crippen molar-refractivity contribution in [3.8, 4) is 0 Å². The van der Waals surface area contributed by atoms with Crippen LogP contribution >= 0.6 is 0 Å². The Bertz CT molecular complexity index is 547. The minimum atomic E-state index is -0.413. The van der Waals surface area contributed by atoms with Crippen LogP contribution in [0.5, 0.6) is 0 Å². The number of benzene rings is 1. The molecule has 22 heavy (non-hydrogen) atoms. The summed E-state index contributed by atoms with van der Waals surface area (Å²) in [4.78, 5) is 37.7. The molecule has 1 aromatic carbocycles. The highest BCUT2D eigenvalue weighted by molar-refractivity contribution is 5.96. The van der Waals surface area contributed by atoms with Gasteiger partial charge in [-0.2, -0.15) is 0 Å². The maximum atomic E-state index is 12.2. The lowest BCUT2D eigenvalue weighted by Crippen LogP contribution is -2.42. The van der Waals surface area contributed by atoms with Crippen LogP contribution in [0, 0.1) is 0 Å². The summed E-state index contributed by atoms with van der Waals surface area (Å²) in [6.07, 6.45) is 0.173. The maximum absolute atomic E-state index is 12.2. The minimum Gasteiger partial charge on any atom is -0.370 e. The molecule has 0 atom stereocenters. The average molecular weight is 304 g/mol. The molecular weight excluding hydrogens is 284 g/mol. The van der Waals surface area contributed by atoms with Crippen LogP contribution in [0.4, 0.5) is 4.79 Å². The summed E-state index contributed by atoms with van der Waals surface area (Å²) in [5, 5.41) is 2.60. The van der Waals surface area contributed by atoms with Crippen molar-refractivity contribution in [1.82, 2.24) is 15.1 Å². The van der Waals surface area contributed by atoms with E-state index in [0.717, 1.165) is 5.56 Å². The quantitative estimate of drug-likeness (QED) is 0.736. The van der Waals surface area contributed by atoms with Crippen LogP contribution in [-0.2, 0) is 16.1 Å². The molecule has 0 saturated carbocycles. The Balaban J connectivity index is 1.98. The highest BCUT2D eigenvalue weighted by Crippen LogP contribution is 2.07. The highest BCUT2D eigenvalue weighted by atomic mass is 16.2. The second kappa shape index (κ2) is 7.56. The second-order valence-electron chi connectivity index (χ2n) is 5.19. The van der Waals surface area contributed by atoms with Gasteiger partial charge in [0.1, 0.15) is 0 Å². The third kappa shape index (κ3) is 4.56. The lowest BCUT2D eigenvalue weighted by molar-refractivity contribution is -0.129. The minimum absolute atomic E-state index is 0.0790. The smallest absolute Gasteiger partial charge is 0.324 e. The second-order valence-corrected chi connectivity index (χ2v) is 5.19. The van der Waals surface area contributed by atoms with Crippen LogP contribution in [-0.4, -0.2) is 53.8 Å². The van der Waals surface area contributed by atoms with Crippen LogP contribution in [0.3, 0.4) is 0 Å². The van der Waals surface area contributed by atoms with Crippen LogP contribution in [0.15, 0.2) is 30.3 Å². The predicted octanol–water partition coefficient (Wildman–Crippen LogP) is -0.0842. The third-order valence-electron chi connectivity index (χ3n) is 3.44. The summed E-state index contributed by atoms with van der Waals surface area (Å²) in [5.41, 5.74) is 6.22. The van der Waals surface area contributed by atoms with E-state index in [-0.39, 0.29) is 24.9 Å². The summed E-state index contributed by atoms with van der Waals surface area (Å²) in [6.45, 7) is 1.84. The first-order chi connectivity index (χ1) is 10.6. The molecule has 118 valence electrons. The Labute approximate surface area is 129 Å². The Morgan fingerprint density at radius 3 is 2.59 bits per heavy atom. The summed E-state index contributed by atoms with van der Waals surface area (Å²) >= 11 is 0. The van der Waals surface area contributed by atoms with Gasteiger partial charge in [-0.25, -0.2) is 4.79 Å². The number of hydrogen-bond acceptors (Lipinski definition) is 4. The topological polar surface area (TPSA) is 95.7 Å². The number of primary amides is 1. The van der Waals surface area contributed by atoms with Gasteiger partial charge in [-0.15, -0.1) is 0 Å². The Morgan fingerprint density at radius 1 is 1.27 bits per heavy atom. The molecule has 0 unspecified atom stereocenters. The molecule has 2 rings (SSSR count). The third-order valence-corrected chi connectivity index (χ3v) is 3.44. The largest absolute Gasteiger partial charge is 0.370 e. The van der Waals surface area contributed by atoms with Gasteiger partial charge in [-0.05, 0) is 5.56 Å². The van der Waals surface area contributed by atoms with Gasteiger partial charge in [0.15, 0.2) is 0 Å². The fourth-order valence-corrected chi connectivity index (χ4v) is 2.31. The number of imide groups is 1. The SMILES string of the molecule is NC(=O)CCN(CC(=O)N1CCNC1=O)Cc1ccccc1. The molecule has 1 heterocycles. The van der Waals surface area contributed by atoms with Crippen LogP contribution < -0.4 is 11.1 Å². The molecule has 7 nitrogen and oxygen atoms in total. The summed E-state index contributed by atoms with van der Waals surface area (Å²) in [7, 11) is 0. The predicted molar refractivity (Wildman–Crippen MR) is 80.6 cm³/mol. The molecule has 0 aliphatic carbocycles. The van der Waals surface area contributed by atoms with E-state index in [1.807, 2.05) is 35.2 Å². The van der Waals surface area contributed by atoms with Gasteiger partial charge in [-0.3, -0.25) is 19.4 Å². The van der Waals surface area contributed by atoms with E-state index in [2.05, 4.69) is 5.32 Å². The number of amides is 4. The number of rotatable bonds is 7. The summed E-state index contributed by atoms with van der Waals surface area (Å²) in [5.74, 6) is -0.681. The molecule has 4 amide bonds. The van der Waals surface area contributed by atoms with Crippen molar-refractivity contribution in [3.63, 3.8) is 0 Å². The number of nitrogens with two attached hydrogens (primary N) is 1. The van der Waals surface area contributed by atoms with Crippen molar-refractivity contribution >= 4 is 17.8 Å². The summed E-state index contributed by atoms with van der Waals surface area (Å²) < 4.78 is 0. The van der Waals surface area contributed by atoms with Crippen LogP contribution in [0.25, 0.3) is 0 Å². The molecule has 1 aliphatic rings. The zero-order chi connectivity index (χ0) is 15.9. The molecule has 0 spiro atoms. The first-order valence-electron chi connectivity index (χ1n) is 7.19. The number of hydrogen-bond donors (Lipinski definition) is 2. The molecule has 7 heteroatoms. The van der Waals surface area contributed by atoms with Gasteiger partial charge in [0.2, 0.25) is 11.8 Å². The van der Waals surface area contributed by atoms with Gasteiger partial charge in [0.05, 0.1) is 6.54 Å². The van der Waals surface area contributed by atoms with E-state index in [0.29, 0.717) is 26.2 Å². The van der Waals surface area contributed by atoms with E-state index in [1.54, 1.807) is 0 Å². The molecule has 1 aromatic rings. The molecular formula is C15H20N4O3. The molecule has 3 N–H and O–H groups in total. The fraction of sp³-hybridized carbons (Fsp3) is 0.400. The normalized spacial score (nSPS) is 14.2. The average Bonchev–Trinajstić information content (AvgIpc) is 2.92. The van der Waals surface area contributed by atoms with E-state index in [1.165, 1.54) is 4.90 Å². The maximum Gasteiger partial charge on any atom is 0.324 e. The number of nitrogens with zero attached hydrogens (tertiary/aromatic N) is 2. The molecule has 0 bridgehead atoms. The Kier molecular flexibility index (Phi) is 5.48. The van der Waals surface area contributed by atoms with Crippen LogP contribution in [0.1, 0.15) is 12.0 Å². The van der Waals surface area contributed by atoms with Gasteiger partial charge >= 0.3 is 6.03 Å². The van der Waals surface area contributed by atoms with E-state index in [4.69, 9.17) is 5.73 Å². The van der Waals surface area contributed by atoms with Crippen molar-refractivity contribution in [2.45, 2.75) is 13.0 Å². The van der Waals surface area contributed by atoms with Crippen molar-refractivity contribution in [3.05, 3.63) is 35.9 Å².